The van der Waals surface area contributed by atoms with Crippen LogP contribution < -0.4 is 10.5 Å². The topological polar surface area (TPSA) is 55.6 Å². The molecule has 2 aromatic rings. The van der Waals surface area contributed by atoms with E-state index >= 15 is 0 Å². The van der Waals surface area contributed by atoms with Crippen molar-refractivity contribution in [1.82, 2.24) is 4.90 Å². The van der Waals surface area contributed by atoms with Crippen LogP contribution in [0.4, 0.5) is 5.69 Å². The number of hydrogen-bond acceptors (Lipinski definition) is 4. The average Bonchev–Trinajstić information content (AvgIpc) is 2.93. The molecule has 0 bridgehead atoms. The van der Waals surface area contributed by atoms with Crippen LogP contribution in [0.15, 0.2) is 35.0 Å². The van der Waals surface area contributed by atoms with E-state index in [4.69, 9.17) is 10.5 Å². The fraction of sp³-hybridized carbons (Fsp3) is 0.267. The lowest BCUT2D eigenvalue weighted by Crippen LogP contribution is -2.26. The van der Waals surface area contributed by atoms with Gasteiger partial charge in [0.2, 0.25) is 0 Å². The predicted octanol–water partition coefficient (Wildman–Crippen LogP) is 3.00. The number of nitrogens with zero attached hydrogens (tertiary/aromatic N) is 1. The molecule has 1 heterocycles. The summed E-state index contributed by atoms with van der Waals surface area (Å²) in [6.07, 6.45) is 0. The number of anilines is 1. The second-order valence-corrected chi connectivity index (χ2v) is 5.23. The Morgan fingerprint density at radius 3 is 2.85 bits per heavy atom. The highest BCUT2D eigenvalue weighted by atomic mass is 32.1. The molecule has 1 amide bonds. The Labute approximate surface area is 122 Å². The summed E-state index contributed by atoms with van der Waals surface area (Å²) in [5.74, 6) is 0.379. The molecular formula is C15H18N2O2S. The van der Waals surface area contributed by atoms with Gasteiger partial charge < -0.3 is 15.4 Å². The van der Waals surface area contributed by atoms with Crippen LogP contribution in [-0.2, 0) is 6.54 Å². The highest BCUT2D eigenvalue weighted by molar-refractivity contribution is 7.07. The standard InChI is InChI=1S/C15H18N2O2S/c1-3-19-14-12(5-4-6-13(14)16)15(18)17(2)9-11-7-8-20-10-11/h4-8,10H,3,9,16H2,1-2H3. The molecule has 0 unspecified atom stereocenters. The Balaban J connectivity index is 2.22. The normalized spacial score (nSPS) is 10.3. The number of nitrogen functional groups attached to an aromatic ring is 1. The number of para-hydroxylation sites is 1. The Morgan fingerprint density at radius 1 is 1.40 bits per heavy atom. The first kappa shape index (κ1) is 14.4. The summed E-state index contributed by atoms with van der Waals surface area (Å²) in [4.78, 5) is 14.2. The minimum atomic E-state index is -0.0908. The highest BCUT2D eigenvalue weighted by Gasteiger charge is 2.18. The van der Waals surface area contributed by atoms with Crippen LogP contribution >= 0.6 is 11.3 Å². The van der Waals surface area contributed by atoms with Crippen LogP contribution in [0.25, 0.3) is 0 Å². The first-order valence-electron chi connectivity index (χ1n) is 6.41. The van der Waals surface area contributed by atoms with Crippen LogP contribution in [0.5, 0.6) is 5.75 Å². The van der Waals surface area contributed by atoms with Crippen molar-refractivity contribution < 1.29 is 9.53 Å². The molecular weight excluding hydrogens is 272 g/mol. The quantitative estimate of drug-likeness (QED) is 0.861. The number of carbonyl (C=O) groups is 1. The maximum atomic E-state index is 12.5. The van der Waals surface area contributed by atoms with Crippen molar-refractivity contribution in [2.45, 2.75) is 13.5 Å². The van der Waals surface area contributed by atoms with E-state index in [1.807, 2.05) is 23.8 Å². The van der Waals surface area contributed by atoms with Gasteiger partial charge in [0.25, 0.3) is 5.91 Å². The number of nitrogens with two attached hydrogens (primary N) is 1. The van der Waals surface area contributed by atoms with Gasteiger partial charge in [-0.15, -0.1) is 0 Å². The SMILES string of the molecule is CCOc1c(N)cccc1C(=O)N(C)Cc1ccsc1. The molecule has 0 saturated carbocycles. The van der Waals surface area contributed by atoms with E-state index in [1.54, 1.807) is 41.5 Å². The first-order valence-corrected chi connectivity index (χ1v) is 7.35. The molecule has 1 aromatic carbocycles. The zero-order chi connectivity index (χ0) is 14.5. The third kappa shape index (κ3) is 3.11. The van der Waals surface area contributed by atoms with E-state index < -0.39 is 0 Å². The van der Waals surface area contributed by atoms with Crippen molar-refractivity contribution in [3.8, 4) is 5.75 Å². The van der Waals surface area contributed by atoms with Crippen molar-refractivity contribution in [3.05, 3.63) is 46.2 Å². The molecule has 0 saturated heterocycles. The Bertz CT molecular complexity index is 582. The molecule has 0 aliphatic carbocycles. The van der Waals surface area contributed by atoms with E-state index in [0.29, 0.717) is 30.2 Å². The molecule has 0 radical (unpaired) electrons. The summed E-state index contributed by atoms with van der Waals surface area (Å²) in [5.41, 5.74) is 8.00. The summed E-state index contributed by atoms with van der Waals surface area (Å²) in [6.45, 7) is 2.92. The van der Waals surface area contributed by atoms with Gasteiger partial charge in [-0.1, -0.05) is 6.07 Å². The molecule has 106 valence electrons. The minimum Gasteiger partial charge on any atom is -0.491 e. The smallest absolute Gasteiger partial charge is 0.257 e. The lowest BCUT2D eigenvalue weighted by Gasteiger charge is -2.19. The number of hydrogen-bond donors (Lipinski definition) is 1. The molecule has 20 heavy (non-hydrogen) atoms. The van der Waals surface area contributed by atoms with Gasteiger partial charge in [0, 0.05) is 13.6 Å². The fourth-order valence-electron chi connectivity index (χ4n) is 1.96. The Morgan fingerprint density at radius 2 is 2.20 bits per heavy atom. The second-order valence-electron chi connectivity index (χ2n) is 4.45. The lowest BCUT2D eigenvalue weighted by molar-refractivity contribution is 0.0781. The van der Waals surface area contributed by atoms with Gasteiger partial charge in [-0.05, 0) is 41.4 Å². The van der Waals surface area contributed by atoms with Crippen molar-refractivity contribution in [1.29, 1.82) is 0 Å². The third-order valence-corrected chi connectivity index (χ3v) is 3.64. The molecule has 1 aromatic heterocycles. The maximum Gasteiger partial charge on any atom is 0.257 e. The van der Waals surface area contributed by atoms with Gasteiger partial charge in [-0.2, -0.15) is 11.3 Å². The molecule has 2 N–H and O–H groups in total. The molecule has 0 atom stereocenters. The van der Waals surface area contributed by atoms with Gasteiger partial charge in [0.15, 0.2) is 5.75 Å². The third-order valence-electron chi connectivity index (χ3n) is 2.91. The summed E-state index contributed by atoms with van der Waals surface area (Å²) in [5, 5.41) is 4.03. The molecule has 2 rings (SSSR count). The number of ether oxygens (including phenoxy) is 1. The van der Waals surface area contributed by atoms with Crippen LogP contribution in [0.1, 0.15) is 22.8 Å². The van der Waals surface area contributed by atoms with E-state index in [0.717, 1.165) is 5.56 Å². The van der Waals surface area contributed by atoms with Crippen molar-refractivity contribution in [2.24, 2.45) is 0 Å². The highest BCUT2D eigenvalue weighted by Crippen LogP contribution is 2.27. The number of benzene rings is 1. The number of rotatable bonds is 5. The van der Waals surface area contributed by atoms with Crippen molar-refractivity contribution in [2.75, 3.05) is 19.4 Å². The van der Waals surface area contributed by atoms with Gasteiger partial charge >= 0.3 is 0 Å². The summed E-state index contributed by atoms with van der Waals surface area (Å²) < 4.78 is 5.50. The first-order chi connectivity index (χ1) is 9.63. The van der Waals surface area contributed by atoms with Gasteiger partial charge in [-0.25, -0.2) is 0 Å². The molecule has 5 heteroatoms. The summed E-state index contributed by atoms with van der Waals surface area (Å²) in [6, 6.07) is 7.26. The lowest BCUT2D eigenvalue weighted by atomic mass is 10.1. The fourth-order valence-corrected chi connectivity index (χ4v) is 2.62. The largest absolute Gasteiger partial charge is 0.491 e. The molecule has 4 nitrogen and oxygen atoms in total. The number of carbonyl (C=O) groups excluding carboxylic acids is 1. The van der Waals surface area contributed by atoms with E-state index in [2.05, 4.69) is 0 Å². The van der Waals surface area contributed by atoms with Crippen molar-refractivity contribution >= 4 is 22.9 Å². The predicted molar refractivity (Wildman–Crippen MR) is 82.1 cm³/mol. The van der Waals surface area contributed by atoms with E-state index in [1.165, 1.54) is 0 Å². The Kier molecular flexibility index (Phi) is 4.63. The summed E-state index contributed by atoms with van der Waals surface area (Å²) >= 11 is 1.62. The Hall–Kier alpha value is -2.01. The number of thiophene rings is 1. The van der Waals surface area contributed by atoms with Crippen LogP contribution in [-0.4, -0.2) is 24.5 Å². The molecule has 0 fully saturated rings. The van der Waals surface area contributed by atoms with Crippen LogP contribution in [0.2, 0.25) is 0 Å². The monoisotopic (exact) mass is 290 g/mol. The van der Waals surface area contributed by atoms with Gasteiger partial charge in [-0.3, -0.25) is 4.79 Å². The van der Waals surface area contributed by atoms with E-state index in [-0.39, 0.29) is 5.91 Å². The van der Waals surface area contributed by atoms with Crippen molar-refractivity contribution in [3.63, 3.8) is 0 Å². The molecule has 0 aliphatic rings. The molecule has 0 spiro atoms. The van der Waals surface area contributed by atoms with Gasteiger partial charge in [0.1, 0.15) is 0 Å². The molecule has 0 aliphatic heterocycles. The van der Waals surface area contributed by atoms with E-state index in [9.17, 15) is 4.79 Å². The second kappa shape index (κ2) is 6.43. The number of amides is 1. The van der Waals surface area contributed by atoms with Crippen LogP contribution in [0.3, 0.4) is 0 Å². The average molecular weight is 290 g/mol. The maximum absolute atomic E-state index is 12.5. The zero-order valence-corrected chi connectivity index (χ0v) is 12.4. The minimum absolute atomic E-state index is 0.0908. The van der Waals surface area contributed by atoms with Crippen LogP contribution in [0, 0.1) is 0 Å². The van der Waals surface area contributed by atoms with Gasteiger partial charge in [0.05, 0.1) is 17.9 Å². The summed E-state index contributed by atoms with van der Waals surface area (Å²) in [7, 11) is 1.78. The zero-order valence-electron chi connectivity index (χ0n) is 11.6.